The van der Waals surface area contributed by atoms with E-state index in [9.17, 15) is 0 Å². The molecule has 0 unspecified atom stereocenters. The number of hydrogen-bond donors (Lipinski definition) is 1. The van der Waals surface area contributed by atoms with E-state index in [0.29, 0.717) is 6.61 Å². The third-order valence-electron chi connectivity index (χ3n) is 3.50. The summed E-state index contributed by atoms with van der Waals surface area (Å²) in [6, 6.07) is 12.3. The second-order valence-corrected chi connectivity index (χ2v) is 7.23. The normalized spacial score (nSPS) is 11.5. The summed E-state index contributed by atoms with van der Waals surface area (Å²) < 4.78 is 6.83. The lowest BCUT2D eigenvalue weighted by Gasteiger charge is -2.20. The maximum absolute atomic E-state index is 5.91. The average Bonchev–Trinajstić information content (AvgIpc) is 2.40. The molecule has 0 saturated carbocycles. The SMILES string of the molecule is Cc1cc(C(C)(C)C)ccc1OCc1ccc(Br)c(N)c1. The Morgan fingerprint density at radius 1 is 1.10 bits per heavy atom. The van der Waals surface area contributed by atoms with Crippen molar-refractivity contribution in [3.63, 3.8) is 0 Å². The molecule has 0 aliphatic rings. The summed E-state index contributed by atoms with van der Waals surface area (Å²) in [5.41, 5.74) is 10.3. The van der Waals surface area contributed by atoms with Gasteiger partial charge in [-0.15, -0.1) is 0 Å². The molecule has 0 aromatic heterocycles. The van der Waals surface area contributed by atoms with Gasteiger partial charge in [-0.2, -0.15) is 0 Å². The molecule has 0 fully saturated rings. The Kier molecular flexibility index (Phi) is 4.62. The molecule has 2 aromatic rings. The van der Waals surface area contributed by atoms with Crippen LogP contribution >= 0.6 is 15.9 Å². The molecule has 2 nitrogen and oxygen atoms in total. The highest BCUT2D eigenvalue weighted by molar-refractivity contribution is 9.10. The Hall–Kier alpha value is -1.48. The Labute approximate surface area is 135 Å². The van der Waals surface area contributed by atoms with Gasteiger partial charge in [-0.3, -0.25) is 0 Å². The number of anilines is 1. The first-order valence-electron chi connectivity index (χ1n) is 7.05. The van der Waals surface area contributed by atoms with E-state index in [4.69, 9.17) is 10.5 Å². The van der Waals surface area contributed by atoms with Crippen molar-refractivity contribution < 1.29 is 4.74 Å². The molecule has 0 atom stereocenters. The van der Waals surface area contributed by atoms with Gasteiger partial charge in [0.05, 0.1) is 0 Å². The Morgan fingerprint density at radius 2 is 1.81 bits per heavy atom. The number of nitrogen functional groups attached to an aromatic ring is 1. The zero-order valence-electron chi connectivity index (χ0n) is 13.0. The largest absolute Gasteiger partial charge is 0.489 e. The molecule has 0 heterocycles. The molecule has 0 saturated heterocycles. The quantitative estimate of drug-likeness (QED) is 0.772. The molecule has 0 aliphatic carbocycles. The van der Waals surface area contributed by atoms with Crippen molar-refractivity contribution in [1.82, 2.24) is 0 Å². The molecular formula is C18H22BrNO. The van der Waals surface area contributed by atoms with Crippen molar-refractivity contribution in [2.45, 2.75) is 39.7 Å². The first kappa shape index (κ1) is 15.9. The van der Waals surface area contributed by atoms with Gasteiger partial charge >= 0.3 is 0 Å². The fourth-order valence-corrected chi connectivity index (χ4v) is 2.37. The van der Waals surface area contributed by atoms with E-state index in [2.05, 4.69) is 61.8 Å². The van der Waals surface area contributed by atoms with E-state index in [1.54, 1.807) is 0 Å². The highest BCUT2D eigenvalue weighted by Crippen LogP contribution is 2.28. The van der Waals surface area contributed by atoms with Crippen LogP contribution in [0.25, 0.3) is 0 Å². The predicted octanol–water partition coefficient (Wildman–Crippen LogP) is 5.22. The van der Waals surface area contributed by atoms with Crippen LogP contribution in [0, 0.1) is 6.92 Å². The first-order chi connectivity index (χ1) is 9.77. The smallest absolute Gasteiger partial charge is 0.122 e. The van der Waals surface area contributed by atoms with Crippen LogP contribution in [-0.4, -0.2) is 0 Å². The Balaban J connectivity index is 2.11. The van der Waals surface area contributed by atoms with Crippen LogP contribution in [0.15, 0.2) is 40.9 Å². The van der Waals surface area contributed by atoms with Gasteiger partial charge in [0.25, 0.3) is 0 Å². The van der Waals surface area contributed by atoms with Crippen molar-refractivity contribution in [2.24, 2.45) is 0 Å². The number of ether oxygens (including phenoxy) is 1. The second-order valence-electron chi connectivity index (χ2n) is 6.37. The Bertz CT molecular complexity index is 644. The minimum absolute atomic E-state index is 0.156. The van der Waals surface area contributed by atoms with E-state index >= 15 is 0 Å². The monoisotopic (exact) mass is 347 g/mol. The molecule has 2 N–H and O–H groups in total. The lowest BCUT2D eigenvalue weighted by molar-refractivity contribution is 0.304. The molecule has 2 aromatic carbocycles. The van der Waals surface area contributed by atoms with Crippen LogP contribution in [0.3, 0.4) is 0 Å². The average molecular weight is 348 g/mol. The molecule has 0 radical (unpaired) electrons. The van der Waals surface area contributed by atoms with Crippen LogP contribution in [-0.2, 0) is 12.0 Å². The maximum Gasteiger partial charge on any atom is 0.122 e. The van der Waals surface area contributed by atoms with E-state index in [-0.39, 0.29) is 5.41 Å². The van der Waals surface area contributed by atoms with E-state index in [1.807, 2.05) is 18.2 Å². The number of benzene rings is 2. The number of aryl methyl sites for hydroxylation is 1. The zero-order valence-corrected chi connectivity index (χ0v) is 14.6. The van der Waals surface area contributed by atoms with Crippen molar-refractivity contribution >= 4 is 21.6 Å². The van der Waals surface area contributed by atoms with E-state index in [0.717, 1.165) is 27.0 Å². The molecule has 0 amide bonds. The molecule has 0 bridgehead atoms. The van der Waals surface area contributed by atoms with Gasteiger partial charge in [-0.05, 0) is 63.2 Å². The summed E-state index contributed by atoms with van der Waals surface area (Å²) in [4.78, 5) is 0. The number of rotatable bonds is 3. The third kappa shape index (κ3) is 4.01. The van der Waals surface area contributed by atoms with Crippen LogP contribution in [0.5, 0.6) is 5.75 Å². The molecule has 0 spiro atoms. The molecule has 3 heteroatoms. The van der Waals surface area contributed by atoms with E-state index in [1.165, 1.54) is 5.56 Å². The maximum atomic E-state index is 5.91. The lowest BCUT2D eigenvalue weighted by atomic mass is 9.86. The van der Waals surface area contributed by atoms with Gasteiger partial charge < -0.3 is 10.5 Å². The van der Waals surface area contributed by atoms with E-state index < -0.39 is 0 Å². The lowest BCUT2D eigenvalue weighted by Crippen LogP contribution is -2.11. The molecule has 0 aliphatic heterocycles. The van der Waals surface area contributed by atoms with Crippen molar-refractivity contribution in [2.75, 3.05) is 5.73 Å². The zero-order chi connectivity index (χ0) is 15.6. The van der Waals surface area contributed by atoms with Crippen LogP contribution < -0.4 is 10.5 Å². The molecule has 2 rings (SSSR count). The van der Waals surface area contributed by atoms with Crippen molar-refractivity contribution in [3.05, 3.63) is 57.6 Å². The second kappa shape index (κ2) is 6.10. The molecule has 112 valence electrons. The predicted molar refractivity (Wildman–Crippen MR) is 92.8 cm³/mol. The summed E-state index contributed by atoms with van der Waals surface area (Å²) >= 11 is 3.40. The fourth-order valence-electron chi connectivity index (χ4n) is 2.12. The Morgan fingerprint density at radius 3 is 2.38 bits per heavy atom. The van der Waals surface area contributed by atoms with Gasteiger partial charge in [0.1, 0.15) is 12.4 Å². The van der Waals surface area contributed by atoms with Gasteiger partial charge in [-0.1, -0.05) is 39.0 Å². The topological polar surface area (TPSA) is 35.2 Å². The summed E-state index contributed by atoms with van der Waals surface area (Å²) in [5, 5.41) is 0. The summed E-state index contributed by atoms with van der Waals surface area (Å²) in [6.45, 7) is 9.25. The van der Waals surface area contributed by atoms with Gasteiger partial charge in [-0.25, -0.2) is 0 Å². The van der Waals surface area contributed by atoms with Crippen molar-refractivity contribution in [1.29, 1.82) is 0 Å². The number of nitrogens with two attached hydrogens (primary N) is 1. The summed E-state index contributed by atoms with van der Waals surface area (Å²) in [6.07, 6.45) is 0. The third-order valence-corrected chi connectivity index (χ3v) is 4.22. The van der Waals surface area contributed by atoms with Gasteiger partial charge in [0, 0.05) is 10.2 Å². The highest BCUT2D eigenvalue weighted by Gasteiger charge is 2.14. The summed E-state index contributed by atoms with van der Waals surface area (Å²) in [7, 11) is 0. The number of hydrogen-bond acceptors (Lipinski definition) is 2. The van der Waals surface area contributed by atoms with Crippen LogP contribution in [0.4, 0.5) is 5.69 Å². The van der Waals surface area contributed by atoms with Crippen LogP contribution in [0.1, 0.15) is 37.5 Å². The number of halogens is 1. The van der Waals surface area contributed by atoms with Crippen LogP contribution in [0.2, 0.25) is 0 Å². The van der Waals surface area contributed by atoms with Crippen molar-refractivity contribution in [3.8, 4) is 5.75 Å². The molecule has 21 heavy (non-hydrogen) atoms. The van der Waals surface area contributed by atoms with Gasteiger partial charge in [0.15, 0.2) is 0 Å². The highest BCUT2D eigenvalue weighted by atomic mass is 79.9. The standard InChI is InChI=1S/C18H22BrNO/c1-12-9-14(18(2,3)4)6-8-17(12)21-11-13-5-7-15(19)16(20)10-13/h5-10H,11,20H2,1-4H3. The minimum Gasteiger partial charge on any atom is -0.489 e. The fraction of sp³-hybridized carbons (Fsp3) is 0.333. The summed E-state index contributed by atoms with van der Waals surface area (Å²) in [5.74, 6) is 0.921. The van der Waals surface area contributed by atoms with Gasteiger partial charge in [0.2, 0.25) is 0 Å². The minimum atomic E-state index is 0.156. The first-order valence-corrected chi connectivity index (χ1v) is 7.84. The molecular weight excluding hydrogens is 326 g/mol.